The summed E-state index contributed by atoms with van der Waals surface area (Å²) in [7, 11) is 0. The Bertz CT molecular complexity index is 1640. The number of aromatic carboxylic acids is 1. The van der Waals surface area contributed by atoms with Gasteiger partial charge in [0.25, 0.3) is 0 Å². The molecule has 2 aromatic heterocycles. The van der Waals surface area contributed by atoms with Crippen LogP contribution in [0.3, 0.4) is 0 Å². The van der Waals surface area contributed by atoms with Crippen LogP contribution >= 0.6 is 24.8 Å². The average molecular weight is 609 g/mol. The van der Waals surface area contributed by atoms with Crippen molar-refractivity contribution in [2.75, 3.05) is 19.6 Å². The molecule has 2 heterocycles. The number of imidazole rings is 2. The number of aromatic nitrogens is 4. The van der Waals surface area contributed by atoms with Crippen molar-refractivity contribution in [1.82, 2.24) is 24.0 Å². The van der Waals surface area contributed by atoms with Crippen LogP contribution in [0.4, 0.5) is 0 Å². The second kappa shape index (κ2) is 14.5. The Labute approximate surface area is 260 Å². The minimum absolute atomic E-state index is 0. The highest BCUT2D eigenvalue weighted by Gasteiger charge is 2.16. The molecule has 5 rings (SSSR count). The first-order valence-electron chi connectivity index (χ1n) is 14.1. The van der Waals surface area contributed by atoms with E-state index in [-0.39, 0.29) is 24.8 Å². The second-order valence-corrected chi connectivity index (χ2v) is 10.2. The van der Waals surface area contributed by atoms with Gasteiger partial charge in [-0.3, -0.25) is 0 Å². The topological polar surface area (TPSA) is 76.2 Å². The summed E-state index contributed by atoms with van der Waals surface area (Å²) in [6, 6.07) is 19.7. The van der Waals surface area contributed by atoms with Crippen molar-refractivity contribution < 1.29 is 9.90 Å². The predicted molar refractivity (Wildman–Crippen MR) is 175 cm³/mol. The highest BCUT2D eigenvalue weighted by molar-refractivity contribution is 5.96. The van der Waals surface area contributed by atoms with Crippen LogP contribution in [0.2, 0.25) is 0 Å². The fourth-order valence-corrected chi connectivity index (χ4v) is 5.36. The van der Waals surface area contributed by atoms with Gasteiger partial charge in [0.1, 0.15) is 5.82 Å². The third-order valence-corrected chi connectivity index (χ3v) is 7.70. The van der Waals surface area contributed by atoms with Crippen LogP contribution in [0.1, 0.15) is 48.1 Å². The molecule has 0 unspecified atom stereocenters. The number of carbonyl (C=O) groups is 1. The van der Waals surface area contributed by atoms with E-state index in [1.807, 2.05) is 30.6 Å². The van der Waals surface area contributed by atoms with Crippen LogP contribution < -0.4 is 0 Å². The zero-order chi connectivity index (χ0) is 28.2. The van der Waals surface area contributed by atoms with Crippen molar-refractivity contribution in [2.45, 2.75) is 47.2 Å². The lowest BCUT2D eigenvalue weighted by Crippen LogP contribution is -2.26. The van der Waals surface area contributed by atoms with Crippen LogP contribution in [0.5, 0.6) is 0 Å². The highest BCUT2D eigenvalue weighted by Crippen LogP contribution is 2.29. The zero-order valence-electron chi connectivity index (χ0n) is 24.6. The molecular formula is C33H39Cl2N5O2. The molecular weight excluding hydrogens is 569 g/mol. The van der Waals surface area contributed by atoms with E-state index < -0.39 is 5.97 Å². The molecule has 1 N–H and O–H groups in total. The lowest BCUT2D eigenvalue weighted by atomic mass is 9.98. The molecule has 0 radical (unpaired) electrons. The standard InChI is InChI=1S/C33H37N5O2.2ClH/c1-5-31-35-32-23(4)18-26(29-21-37(22-34-29)17-16-36(6-2)7-3)19-30(32)38(31)20-24-12-14-25(15-13-24)27-10-8-9-11-28(27)33(39)40;;/h8-15,18-19,21-22H,5-7,16-17,20H2,1-4H3,(H,39,40);2*1H. The average Bonchev–Trinajstić information content (AvgIpc) is 3.59. The first-order chi connectivity index (χ1) is 19.4. The fraction of sp³-hybridized carbons (Fsp3) is 0.303. The number of hydrogen-bond acceptors (Lipinski definition) is 4. The first kappa shape index (κ1) is 32.9. The summed E-state index contributed by atoms with van der Waals surface area (Å²) >= 11 is 0. The largest absolute Gasteiger partial charge is 0.478 e. The third kappa shape index (κ3) is 6.86. The molecule has 222 valence electrons. The van der Waals surface area contributed by atoms with Crippen molar-refractivity contribution in [2.24, 2.45) is 0 Å². The molecule has 0 atom stereocenters. The van der Waals surface area contributed by atoms with Crippen LogP contribution in [-0.2, 0) is 19.5 Å². The van der Waals surface area contributed by atoms with Gasteiger partial charge in [0.15, 0.2) is 0 Å². The molecule has 0 fully saturated rings. The molecule has 42 heavy (non-hydrogen) atoms. The maximum absolute atomic E-state index is 11.7. The van der Waals surface area contributed by atoms with Crippen LogP contribution in [0.25, 0.3) is 33.4 Å². The van der Waals surface area contributed by atoms with Crippen LogP contribution in [-0.4, -0.2) is 54.7 Å². The maximum atomic E-state index is 11.7. The summed E-state index contributed by atoms with van der Waals surface area (Å²) in [6.07, 6.45) is 4.89. The molecule has 0 saturated heterocycles. The quantitative estimate of drug-likeness (QED) is 0.170. The number of hydrogen-bond donors (Lipinski definition) is 1. The number of benzene rings is 3. The Balaban J connectivity index is 0.00000242. The molecule has 0 saturated carbocycles. The predicted octanol–water partition coefficient (Wildman–Crippen LogP) is 7.37. The SMILES string of the molecule is CCc1nc2c(C)cc(-c3cn(CCN(CC)CC)cn3)cc2n1Cc1ccc(-c2ccccc2C(=O)O)cc1.Cl.Cl. The van der Waals surface area contributed by atoms with E-state index in [2.05, 4.69) is 72.2 Å². The number of aryl methyl sites for hydroxylation is 2. The van der Waals surface area contributed by atoms with Gasteiger partial charge < -0.3 is 19.1 Å². The van der Waals surface area contributed by atoms with E-state index in [1.54, 1.807) is 12.1 Å². The van der Waals surface area contributed by atoms with Gasteiger partial charge >= 0.3 is 5.97 Å². The minimum atomic E-state index is -0.919. The third-order valence-electron chi connectivity index (χ3n) is 7.70. The molecule has 5 aromatic rings. The summed E-state index contributed by atoms with van der Waals surface area (Å²) in [5, 5.41) is 9.59. The minimum Gasteiger partial charge on any atom is -0.478 e. The second-order valence-electron chi connectivity index (χ2n) is 10.2. The molecule has 0 aliphatic carbocycles. The molecule has 0 amide bonds. The Morgan fingerprint density at radius 2 is 1.67 bits per heavy atom. The van der Waals surface area contributed by atoms with Crippen LogP contribution in [0.15, 0.2) is 73.2 Å². The summed E-state index contributed by atoms with van der Waals surface area (Å²) < 4.78 is 4.47. The first-order valence-corrected chi connectivity index (χ1v) is 14.1. The van der Waals surface area contributed by atoms with Gasteiger partial charge in [-0.15, -0.1) is 24.8 Å². The maximum Gasteiger partial charge on any atom is 0.336 e. The Morgan fingerprint density at radius 3 is 2.33 bits per heavy atom. The number of fused-ring (bicyclic) bond motifs is 1. The molecule has 9 heteroatoms. The highest BCUT2D eigenvalue weighted by atomic mass is 35.5. The van der Waals surface area contributed by atoms with Gasteiger partial charge in [-0.25, -0.2) is 14.8 Å². The summed E-state index contributed by atoms with van der Waals surface area (Å²) in [4.78, 5) is 23.8. The van der Waals surface area contributed by atoms with Gasteiger partial charge in [0.2, 0.25) is 0 Å². The number of carboxylic acids is 1. The summed E-state index contributed by atoms with van der Waals surface area (Å²) in [5.41, 5.74) is 8.38. The molecule has 0 aliphatic heterocycles. The van der Waals surface area contributed by atoms with E-state index in [4.69, 9.17) is 9.97 Å². The van der Waals surface area contributed by atoms with Gasteiger partial charge in [-0.05, 0) is 60.5 Å². The lowest BCUT2D eigenvalue weighted by molar-refractivity contribution is 0.0697. The Morgan fingerprint density at radius 1 is 0.952 bits per heavy atom. The number of carboxylic acid groups (broad SMARTS) is 1. The van der Waals surface area contributed by atoms with E-state index in [1.165, 1.54) is 0 Å². The van der Waals surface area contributed by atoms with E-state index in [0.29, 0.717) is 12.1 Å². The Hall–Kier alpha value is -3.65. The summed E-state index contributed by atoms with van der Waals surface area (Å²) in [6.45, 7) is 13.4. The van der Waals surface area contributed by atoms with Crippen molar-refractivity contribution in [1.29, 1.82) is 0 Å². The van der Waals surface area contributed by atoms with Gasteiger partial charge in [-0.1, -0.05) is 63.2 Å². The van der Waals surface area contributed by atoms with Crippen molar-refractivity contribution in [3.8, 4) is 22.4 Å². The van der Waals surface area contributed by atoms with Gasteiger partial charge in [0, 0.05) is 37.8 Å². The number of likely N-dealkylation sites (N-methyl/N-ethyl adjacent to an activating group) is 1. The van der Waals surface area contributed by atoms with Crippen molar-refractivity contribution in [3.05, 3.63) is 95.7 Å². The molecule has 0 bridgehead atoms. The van der Waals surface area contributed by atoms with Gasteiger partial charge in [0.05, 0.1) is 28.6 Å². The van der Waals surface area contributed by atoms with E-state index in [9.17, 15) is 9.90 Å². The molecule has 7 nitrogen and oxygen atoms in total. The number of rotatable bonds is 11. The smallest absolute Gasteiger partial charge is 0.336 e. The van der Waals surface area contributed by atoms with Crippen molar-refractivity contribution >= 4 is 41.8 Å². The lowest BCUT2D eigenvalue weighted by Gasteiger charge is -2.17. The van der Waals surface area contributed by atoms with E-state index in [0.717, 1.165) is 83.0 Å². The number of nitrogens with zero attached hydrogens (tertiary/aromatic N) is 5. The normalized spacial score (nSPS) is 11.0. The van der Waals surface area contributed by atoms with Gasteiger partial charge in [-0.2, -0.15) is 0 Å². The monoisotopic (exact) mass is 607 g/mol. The van der Waals surface area contributed by atoms with E-state index >= 15 is 0 Å². The fourth-order valence-electron chi connectivity index (χ4n) is 5.36. The van der Waals surface area contributed by atoms with Crippen LogP contribution in [0, 0.1) is 6.92 Å². The Kier molecular flexibility index (Phi) is 11.3. The molecule has 3 aromatic carbocycles. The zero-order valence-corrected chi connectivity index (χ0v) is 26.2. The molecule has 0 aliphatic rings. The molecule has 0 spiro atoms. The van der Waals surface area contributed by atoms with Crippen molar-refractivity contribution in [3.63, 3.8) is 0 Å². The number of halogens is 2. The summed E-state index contributed by atoms with van der Waals surface area (Å²) in [5.74, 6) is 0.123.